The Hall–Kier alpha value is -3.40. The fourth-order valence-corrected chi connectivity index (χ4v) is 5.54. The maximum atomic E-state index is 12.8. The summed E-state index contributed by atoms with van der Waals surface area (Å²) in [6.45, 7) is 8.03. The van der Waals surface area contributed by atoms with E-state index in [0.29, 0.717) is 11.0 Å². The predicted molar refractivity (Wildman–Crippen MR) is 148 cm³/mol. The number of carboxylic acids is 1. The fourth-order valence-electron chi connectivity index (χ4n) is 4.83. The summed E-state index contributed by atoms with van der Waals surface area (Å²) in [7, 11) is -0.754. The molecule has 9 heteroatoms. The minimum Gasteiger partial charge on any atom is -0.477 e. The Bertz CT molecular complexity index is 1350. The molecule has 1 aliphatic heterocycles. The summed E-state index contributed by atoms with van der Waals surface area (Å²) in [4.78, 5) is 24.7. The van der Waals surface area contributed by atoms with Gasteiger partial charge in [-0.25, -0.2) is 9.59 Å². The molecular formula is C29H30BNO6S. The molecule has 0 bridgehead atoms. The van der Waals surface area contributed by atoms with Crippen LogP contribution in [0.15, 0.2) is 65.4 Å². The number of alkyl carbamates (subject to hydrolysis) is 1. The van der Waals surface area contributed by atoms with Crippen molar-refractivity contribution in [1.29, 1.82) is 0 Å². The molecule has 3 aromatic rings. The van der Waals surface area contributed by atoms with E-state index in [2.05, 4.69) is 29.6 Å². The highest BCUT2D eigenvalue weighted by atomic mass is 32.1. The van der Waals surface area contributed by atoms with Crippen molar-refractivity contribution < 1.29 is 28.7 Å². The number of hydrogen-bond acceptors (Lipinski definition) is 6. The molecule has 1 aliphatic carbocycles. The van der Waals surface area contributed by atoms with Gasteiger partial charge in [0.25, 0.3) is 0 Å². The van der Waals surface area contributed by atoms with E-state index in [-0.39, 0.29) is 23.9 Å². The second-order valence-corrected chi connectivity index (χ2v) is 11.4. The molecule has 1 fully saturated rings. The van der Waals surface area contributed by atoms with Gasteiger partial charge in [0.2, 0.25) is 0 Å². The second kappa shape index (κ2) is 10.1. The van der Waals surface area contributed by atoms with Crippen LogP contribution < -0.4 is 5.32 Å². The van der Waals surface area contributed by atoms with Crippen LogP contribution in [0.2, 0.25) is 0 Å². The third-order valence-electron chi connectivity index (χ3n) is 7.57. The van der Waals surface area contributed by atoms with Gasteiger partial charge in [0, 0.05) is 12.5 Å². The highest BCUT2D eigenvalue weighted by Gasteiger charge is 2.52. The Balaban J connectivity index is 1.31. The molecule has 2 N–H and O–H groups in total. The van der Waals surface area contributed by atoms with Gasteiger partial charge < -0.3 is 24.5 Å². The lowest BCUT2D eigenvalue weighted by atomic mass is 9.77. The number of rotatable bonds is 7. The Morgan fingerprint density at radius 1 is 1.00 bits per heavy atom. The summed E-state index contributed by atoms with van der Waals surface area (Å²) in [5.41, 5.74) is 4.53. The van der Waals surface area contributed by atoms with Crippen LogP contribution >= 0.6 is 11.3 Å². The number of benzene rings is 2. The first-order valence-corrected chi connectivity index (χ1v) is 13.4. The zero-order chi connectivity index (χ0) is 27.1. The summed E-state index contributed by atoms with van der Waals surface area (Å²) in [5.74, 6) is -1.06. The lowest BCUT2D eigenvalue weighted by Crippen LogP contribution is -2.41. The van der Waals surface area contributed by atoms with Crippen LogP contribution in [-0.2, 0) is 14.0 Å². The Kier molecular flexibility index (Phi) is 6.94. The van der Waals surface area contributed by atoms with Crippen LogP contribution in [0, 0.1) is 0 Å². The molecular weight excluding hydrogens is 501 g/mol. The number of aromatic carboxylic acids is 1. The number of amides is 1. The van der Waals surface area contributed by atoms with E-state index < -0.39 is 30.4 Å². The summed E-state index contributed by atoms with van der Waals surface area (Å²) in [5, 5.41) is 14.1. The Morgan fingerprint density at radius 2 is 1.58 bits per heavy atom. The number of nitrogens with one attached hydrogen (secondary N) is 1. The first-order valence-electron chi connectivity index (χ1n) is 12.5. The standard InChI is InChI=1S/C29H30BNO6S/c1-28(2)29(3,4)37-30(36-28)19(15-18-13-14-38-25(18)26(32)33)16-31-27(34)35-17-24-22-11-7-5-9-20(22)21-10-6-8-12-23(21)24/h5-15,24H,16-17H2,1-4H3,(H,31,34)(H,32,33). The van der Waals surface area contributed by atoms with Gasteiger partial charge in [-0.05, 0) is 72.4 Å². The molecule has 0 spiro atoms. The number of carboxylic acid groups (broad SMARTS) is 1. The number of thiophene rings is 1. The SMILES string of the molecule is CC1(C)OB(C(=Cc2ccsc2C(=O)O)CNC(=O)OCC2c3ccccc3-c3ccccc32)OC1(C)C. The average molecular weight is 531 g/mol. The minimum absolute atomic E-state index is 0.0461. The van der Waals surface area contributed by atoms with Crippen molar-refractivity contribution in [2.45, 2.75) is 44.8 Å². The number of carbonyl (C=O) groups is 2. The van der Waals surface area contributed by atoms with Crippen LogP contribution in [-0.4, -0.2) is 48.6 Å². The molecule has 2 aliphatic rings. The molecule has 1 saturated heterocycles. The zero-order valence-corrected chi connectivity index (χ0v) is 22.6. The third-order valence-corrected chi connectivity index (χ3v) is 8.49. The van der Waals surface area contributed by atoms with E-state index in [1.54, 1.807) is 17.5 Å². The molecule has 2 heterocycles. The summed E-state index contributed by atoms with van der Waals surface area (Å²) >= 11 is 1.14. The molecule has 0 radical (unpaired) electrons. The van der Waals surface area contributed by atoms with Gasteiger partial charge in [-0.3, -0.25) is 0 Å². The van der Waals surface area contributed by atoms with Crippen LogP contribution in [0.25, 0.3) is 17.2 Å². The normalized spacial score (nSPS) is 17.7. The largest absolute Gasteiger partial charge is 0.492 e. The summed E-state index contributed by atoms with van der Waals surface area (Å²) in [6.07, 6.45) is 1.14. The maximum absolute atomic E-state index is 12.8. The van der Waals surface area contributed by atoms with Crippen LogP contribution in [0.5, 0.6) is 0 Å². The van der Waals surface area contributed by atoms with Crippen molar-refractivity contribution >= 4 is 36.6 Å². The Morgan fingerprint density at radius 3 is 2.16 bits per heavy atom. The number of fused-ring (bicyclic) bond motifs is 3. The Labute approximate surface area is 226 Å². The first kappa shape index (κ1) is 26.2. The van der Waals surface area contributed by atoms with E-state index >= 15 is 0 Å². The van der Waals surface area contributed by atoms with E-state index in [0.717, 1.165) is 33.6 Å². The van der Waals surface area contributed by atoms with Crippen molar-refractivity contribution in [3.8, 4) is 11.1 Å². The monoisotopic (exact) mass is 531 g/mol. The quantitative estimate of drug-likeness (QED) is 0.364. The van der Waals surface area contributed by atoms with Crippen molar-refractivity contribution in [2.24, 2.45) is 0 Å². The van der Waals surface area contributed by atoms with Gasteiger partial charge >= 0.3 is 19.2 Å². The lowest BCUT2D eigenvalue weighted by Gasteiger charge is -2.32. The molecule has 7 nitrogen and oxygen atoms in total. The van der Waals surface area contributed by atoms with Gasteiger partial charge in [-0.15, -0.1) is 11.3 Å². The molecule has 196 valence electrons. The molecule has 0 saturated carbocycles. The molecule has 0 unspecified atom stereocenters. The van der Waals surface area contributed by atoms with E-state index in [4.69, 9.17) is 14.0 Å². The molecule has 0 atom stereocenters. The van der Waals surface area contributed by atoms with Crippen molar-refractivity contribution in [1.82, 2.24) is 5.32 Å². The summed E-state index contributed by atoms with van der Waals surface area (Å²) < 4.78 is 18.1. The van der Waals surface area contributed by atoms with Crippen LogP contribution in [0.3, 0.4) is 0 Å². The molecule has 2 aromatic carbocycles. The predicted octanol–water partition coefficient (Wildman–Crippen LogP) is 6.00. The first-order chi connectivity index (χ1) is 18.1. The molecule has 1 amide bonds. The highest BCUT2D eigenvalue weighted by molar-refractivity contribution is 7.12. The van der Waals surface area contributed by atoms with Gasteiger partial charge in [0.05, 0.1) is 11.2 Å². The van der Waals surface area contributed by atoms with E-state index in [1.165, 1.54) is 0 Å². The maximum Gasteiger partial charge on any atom is 0.492 e. The van der Waals surface area contributed by atoms with Gasteiger partial charge in [-0.1, -0.05) is 54.6 Å². The minimum atomic E-state index is -1.01. The van der Waals surface area contributed by atoms with Crippen LogP contribution in [0.4, 0.5) is 4.79 Å². The zero-order valence-electron chi connectivity index (χ0n) is 21.8. The van der Waals surface area contributed by atoms with Crippen LogP contribution in [0.1, 0.15) is 60.0 Å². The lowest BCUT2D eigenvalue weighted by molar-refractivity contribution is 0.00578. The average Bonchev–Trinajstić information content (AvgIpc) is 3.53. The van der Waals surface area contributed by atoms with Crippen molar-refractivity contribution in [3.05, 3.63) is 87.0 Å². The topological polar surface area (TPSA) is 94.1 Å². The highest BCUT2D eigenvalue weighted by Crippen LogP contribution is 2.44. The molecule has 38 heavy (non-hydrogen) atoms. The third kappa shape index (κ3) is 4.89. The number of hydrogen-bond donors (Lipinski definition) is 2. The fraction of sp³-hybridized carbons (Fsp3) is 0.310. The molecule has 5 rings (SSSR count). The van der Waals surface area contributed by atoms with Crippen molar-refractivity contribution in [3.63, 3.8) is 0 Å². The van der Waals surface area contributed by atoms with Gasteiger partial charge in [0.15, 0.2) is 0 Å². The van der Waals surface area contributed by atoms with E-state index in [1.807, 2.05) is 52.0 Å². The van der Waals surface area contributed by atoms with Gasteiger partial charge in [0.1, 0.15) is 11.5 Å². The second-order valence-electron chi connectivity index (χ2n) is 10.5. The van der Waals surface area contributed by atoms with Gasteiger partial charge in [-0.2, -0.15) is 0 Å². The molecule has 1 aromatic heterocycles. The number of carbonyl (C=O) groups excluding carboxylic acids is 1. The van der Waals surface area contributed by atoms with E-state index in [9.17, 15) is 14.7 Å². The summed E-state index contributed by atoms with van der Waals surface area (Å²) in [6, 6.07) is 18.1. The number of ether oxygens (including phenoxy) is 1. The smallest absolute Gasteiger partial charge is 0.477 e. The van der Waals surface area contributed by atoms with Crippen molar-refractivity contribution in [2.75, 3.05) is 13.2 Å².